The number of hydrogen-bond donors (Lipinski definition) is 1. The Bertz CT molecular complexity index is 1140. The van der Waals surface area contributed by atoms with E-state index in [0.717, 1.165) is 0 Å². The van der Waals surface area contributed by atoms with Crippen molar-refractivity contribution in [2.75, 3.05) is 0 Å². The fourth-order valence-corrected chi connectivity index (χ4v) is 5.19. The van der Waals surface area contributed by atoms with Crippen molar-refractivity contribution < 1.29 is 0 Å². The molecule has 4 rings (SSSR count). The molecule has 0 spiro atoms. The monoisotopic (exact) mass is 397 g/mol. The van der Waals surface area contributed by atoms with Crippen LogP contribution in [0.2, 0.25) is 0 Å². The van der Waals surface area contributed by atoms with Crippen LogP contribution in [0.5, 0.6) is 0 Å². The number of aromatic amines is 1. The molecule has 0 bridgehead atoms. The summed E-state index contributed by atoms with van der Waals surface area (Å²) in [6.45, 7) is 16.2. The number of rotatable bonds is 3. The molecule has 1 aromatic heterocycles. The number of benzene rings is 2. The van der Waals surface area contributed by atoms with Crippen LogP contribution in [0.15, 0.2) is 54.7 Å². The Labute approximate surface area is 181 Å². The summed E-state index contributed by atoms with van der Waals surface area (Å²) in [4.78, 5) is 3.61. The third-order valence-electron chi connectivity index (χ3n) is 7.31. The Morgan fingerprint density at radius 2 is 1.37 bits per heavy atom. The molecule has 3 aromatic rings. The Morgan fingerprint density at radius 1 is 0.833 bits per heavy atom. The standard InChI is InChI=1S/C29H35N/c1-8-27-23(17-20(4)28(5,6)7)26(18-30-27)29(19(2)3)24-15-11-9-13-21(24)22-14-10-12-16-25(22)29/h8-20,30H,1-7H3/b23-17-,27-8+. The van der Waals surface area contributed by atoms with Gasteiger partial charge in [0.05, 0.1) is 5.41 Å². The first-order chi connectivity index (χ1) is 14.2. The molecule has 1 aliphatic rings. The number of H-pyrrole nitrogens is 1. The van der Waals surface area contributed by atoms with Gasteiger partial charge in [0.2, 0.25) is 0 Å². The molecular weight excluding hydrogens is 362 g/mol. The molecule has 0 fully saturated rings. The van der Waals surface area contributed by atoms with Gasteiger partial charge in [0, 0.05) is 11.5 Å². The molecule has 0 saturated heterocycles. The van der Waals surface area contributed by atoms with Gasteiger partial charge < -0.3 is 4.98 Å². The maximum Gasteiger partial charge on any atom is 0.0507 e. The third kappa shape index (κ3) is 2.90. The molecule has 1 atom stereocenters. The number of aromatic nitrogens is 1. The van der Waals surface area contributed by atoms with E-state index in [1.165, 1.54) is 38.4 Å². The minimum atomic E-state index is -0.158. The van der Waals surface area contributed by atoms with Gasteiger partial charge in [0.1, 0.15) is 0 Å². The van der Waals surface area contributed by atoms with E-state index in [1.807, 2.05) is 0 Å². The fourth-order valence-electron chi connectivity index (χ4n) is 5.19. The normalized spacial score (nSPS) is 17.3. The molecular formula is C29H35N. The molecule has 156 valence electrons. The predicted molar refractivity (Wildman–Crippen MR) is 130 cm³/mol. The van der Waals surface area contributed by atoms with Crippen molar-refractivity contribution >= 4 is 12.2 Å². The second kappa shape index (κ2) is 7.30. The van der Waals surface area contributed by atoms with Gasteiger partial charge in [-0.1, -0.05) is 102 Å². The molecule has 1 N–H and O–H groups in total. The highest BCUT2D eigenvalue weighted by Crippen LogP contribution is 2.55. The van der Waals surface area contributed by atoms with Gasteiger partial charge in [0.25, 0.3) is 0 Å². The minimum absolute atomic E-state index is 0.158. The minimum Gasteiger partial charge on any atom is -0.361 e. The largest absolute Gasteiger partial charge is 0.361 e. The third-order valence-corrected chi connectivity index (χ3v) is 7.31. The highest BCUT2D eigenvalue weighted by atomic mass is 14.7. The van der Waals surface area contributed by atoms with Crippen molar-refractivity contribution in [3.8, 4) is 11.1 Å². The average molecular weight is 398 g/mol. The maximum absolute atomic E-state index is 3.61. The Hall–Kier alpha value is -2.54. The maximum atomic E-state index is 3.61. The molecule has 1 heteroatoms. The summed E-state index contributed by atoms with van der Waals surface area (Å²) in [5.74, 6) is 0.877. The van der Waals surface area contributed by atoms with Crippen LogP contribution in [0.4, 0.5) is 0 Å². The summed E-state index contributed by atoms with van der Waals surface area (Å²) in [7, 11) is 0. The summed E-state index contributed by atoms with van der Waals surface area (Å²) in [6.07, 6.45) is 6.98. The lowest BCUT2D eigenvalue weighted by Crippen LogP contribution is -2.40. The van der Waals surface area contributed by atoms with Gasteiger partial charge >= 0.3 is 0 Å². The smallest absolute Gasteiger partial charge is 0.0507 e. The number of nitrogens with one attached hydrogen (secondary N) is 1. The van der Waals surface area contributed by atoms with Gasteiger partial charge in [-0.05, 0) is 57.2 Å². The van der Waals surface area contributed by atoms with E-state index in [2.05, 4.69) is 120 Å². The SMILES string of the molecule is C/C=c1/[nH]cc(C2(C(C)C)c3ccccc3-c3ccccc32)/c1=C/C(C)C(C)(C)C. The molecule has 1 heterocycles. The zero-order valence-electron chi connectivity index (χ0n) is 19.5. The van der Waals surface area contributed by atoms with Crippen molar-refractivity contribution in [1.82, 2.24) is 4.98 Å². The zero-order valence-corrected chi connectivity index (χ0v) is 19.5. The van der Waals surface area contributed by atoms with Crippen molar-refractivity contribution in [2.45, 2.75) is 53.9 Å². The lowest BCUT2D eigenvalue weighted by Gasteiger charge is -2.36. The van der Waals surface area contributed by atoms with Gasteiger partial charge in [-0.15, -0.1) is 0 Å². The van der Waals surface area contributed by atoms with E-state index in [-0.39, 0.29) is 10.8 Å². The van der Waals surface area contributed by atoms with E-state index in [1.54, 1.807) is 0 Å². The lowest BCUT2D eigenvalue weighted by molar-refractivity contribution is 0.329. The summed E-state index contributed by atoms with van der Waals surface area (Å²) >= 11 is 0. The second-order valence-electron chi connectivity index (χ2n) is 10.2. The molecule has 2 aromatic carbocycles. The Kier molecular flexibility index (Phi) is 5.04. The molecule has 0 saturated carbocycles. The average Bonchev–Trinajstić information content (AvgIpc) is 3.24. The van der Waals surface area contributed by atoms with Crippen LogP contribution in [0.3, 0.4) is 0 Å². The quantitative estimate of drug-likeness (QED) is 0.538. The first-order valence-corrected chi connectivity index (χ1v) is 11.3. The topological polar surface area (TPSA) is 15.8 Å². The molecule has 30 heavy (non-hydrogen) atoms. The zero-order chi connectivity index (χ0) is 21.7. The number of hydrogen-bond acceptors (Lipinski definition) is 0. The van der Waals surface area contributed by atoms with E-state index in [4.69, 9.17) is 0 Å². The Balaban J connectivity index is 2.14. The van der Waals surface area contributed by atoms with Gasteiger partial charge in [-0.2, -0.15) is 0 Å². The molecule has 1 nitrogen and oxygen atoms in total. The molecule has 0 radical (unpaired) electrons. The highest BCUT2D eigenvalue weighted by Gasteiger charge is 2.47. The van der Waals surface area contributed by atoms with Crippen LogP contribution < -0.4 is 10.6 Å². The highest BCUT2D eigenvalue weighted by molar-refractivity contribution is 5.83. The molecule has 0 aliphatic heterocycles. The van der Waals surface area contributed by atoms with Crippen molar-refractivity contribution in [3.05, 3.63) is 82.0 Å². The van der Waals surface area contributed by atoms with Gasteiger partial charge in [-0.3, -0.25) is 0 Å². The van der Waals surface area contributed by atoms with E-state index < -0.39 is 0 Å². The van der Waals surface area contributed by atoms with Gasteiger partial charge in [0.15, 0.2) is 0 Å². The summed E-state index contributed by atoms with van der Waals surface area (Å²) in [5, 5.41) is 2.59. The van der Waals surface area contributed by atoms with Crippen LogP contribution in [-0.2, 0) is 5.41 Å². The van der Waals surface area contributed by atoms with Crippen molar-refractivity contribution in [3.63, 3.8) is 0 Å². The van der Waals surface area contributed by atoms with Crippen molar-refractivity contribution in [2.24, 2.45) is 17.3 Å². The first-order valence-electron chi connectivity index (χ1n) is 11.3. The van der Waals surface area contributed by atoms with Crippen LogP contribution in [0.1, 0.15) is 65.2 Å². The lowest BCUT2D eigenvalue weighted by atomic mass is 9.65. The molecule has 1 unspecified atom stereocenters. The predicted octanol–water partition coefficient (Wildman–Crippen LogP) is 6.25. The van der Waals surface area contributed by atoms with Crippen LogP contribution in [0, 0.1) is 17.3 Å². The summed E-state index contributed by atoms with van der Waals surface area (Å²) < 4.78 is 0. The molecule has 0 amide bonds. The van der Waals surface area contributed by atoms with Crippen molar-refractivity contribution in [1.29, 1.82) is 0 Å². The fraction of sp³-hybridized carbons (Fsp3) is 0.379. The van der Waals surface area contributed by atoms with E-state index in [0.29, 0.717) is 11.8 Å². The second-order valence-corrected chi connectivity index (χ2v) is 10.2. The Morgan fingerprint density at radius 3 is 1.83 bits per heavy atom. The number of fused-ring (bicyclic) bond motifs is 3. The van der Waals surface area contributed by atoms with E-state index >= 15 is 0 Å². The van der Waals surface area contributed by atoms with E-state index in [9.17, 15) is 0 Å². The van der Waals surface area contributed by atoms with Crippen LogP contribution in [0.25, 0.3) is 23.3 Å². The summed E-state index contributed by atoms with van der Waals surface area (Å²) in [5.41, 5.74) is 7.07. The summed E-state index contributed by atoms with van der Waals surface area (Å²) in [6, 6.07) is 18.0. The van der Waals surface area contributed by atoms with Crippen LogP contribution >= 0.6 is 0 Å². The first kappa shape index (κ1) is 20.7. The van der Waals surface area contributed by atoms with Gasteiger partial charge in [-0.25, -0.2) is 0 Å². The molecule has 1 aliphatic carbocycles. The van der Waals surface area contributed by atoms with Crippen LogP contribution in [-0.4, -0.2) is 4.98 Å².